The van der Waals surface area contributed by atoms with Gasteiger partial charge in [0.05, 0.1) is 28.5 Å². The number of aryl methyl sites for hydroxylation is 1. The van der Waals surface area contributed by atoms with Gasteiger partial charge in [-0.25, -0.2) is 14.6 Å². The van der Waals surface area contributed by atoms with Crippen molar-refractivity contribution >= 4 is 22.4 Å². The first kappa shape index (κ1) is 22.6. The summed E-state index contributed by atoms with van der Waals surface area (Å²) in [4.78, 5) is 18.5. The first-order valence-corrected chi connectivity index (χ1v) is 12.4. The molecule has 184 valence electrons. The van der Waals surface area contributed by atoms with Crippen LogP contribution in [-0.2, 0) is 6.54 Å². The van der Waals surface area contributed by atoms with Crippen LogP contribution in [0.15, 0.2) is 55.1 Å². The quantitative estimate of drug-likeness (QED) is 0.411. The third kappa shape index (κ3) is 3.90. The van der Waals surface area contributed by atoms with E-state index in [0.29, 0.717) is 5.82 Å². The van der Waals surface area contributed by atoms with Gasteiger partial charge >= 0.3 is 0 Å². The summed E-state index contributed by atoms with van der Waals surface area (Å²) in [6.07, 6.45) is 5.61. The van der Waals surface area contributed by atoms with E-state index in [1.165, 1.54) is 11.9 Å². The zero-order valence-electron chi connectivity index (χ0n) is 21.0. The number of rotatable bonds is 5. The van der Waals surface area contributed by atoms with Gasteiger partial charge in [0.25, 0.3) is 0 Å². The number of nitrogens with zero attached hydrogens (tertiary/aromatic N) is 8. The smallest absolute Gasteiger partial charge is 0.164 e. The Hall–Kier alpha value is -3.82. The molecule has 1 atom stereocenters. The number of hydrogen-bond acceptors (Lipinski definition) is 7. The fourth-order valence-corrected chi connectivity index (χ4v) is 5.23. The number of nitrogen functional groups attached to an aromatic ring is 1. The lowest BCUT2D eigenvalue weighted by molar-refractivity contribution is 0.148. The molecule has 0 amide bonds. The summed E-state index contributed by atoms with van der Waals surface area (Å²) in [7, 11) is 2.18. The maximum absolute atomic E-state index is 6.16. The van der Waals surface area contributed by atoms with Gasteiger partial charge in [0, 0.05) is 56.2 Å². The second-order valence-electron chi connectivity index (χ2n) is 9.74. The Balaban J connectivity index is 1.39. The molecule has 0 bridgehead atoms. The van der Waals surface area contributed by atoms with Crippen LogP contribution in [-0.4, -0.2) is 72.2 Å². The molecule has 5 aromatic heterocycles. The van der Waals surface area contributed by atoms with Crippen molar-refractivity contribution < 1.29 is 0 Å². The molecule has 9 heteroatoms. The number of piperazine rings is 1. The van der Waals surface area contributed by atoms with Gasteiger partial charge in [-0.15, -0.1) is 0 Å². The van der Waals surface area contributed by atoms with E-state index in [1.807, 2.05) is 23.9 Å². The topological polar surface area (TPSA) is 93.4 Å². The third-order valence-electron chi connectivity index (χ3n) is 7.29. The molecule has 0 spiro atoms. The SMILES string of the molecule is Cc1nn(C(C)c2cc3ccccn3c2-c2ccc(CN3CCN(C)CC3)cn2)c2ncnc(N)c12. The predicted octanol–water partition coefficient (Wildman–Crippen LogP) is 3.39. The fraction of sp³-hybridized carbons (Fsp3) is 0.333. The second-order valence-corrected chi connectivity index (χ2v) is 9.74. The minimum Gasteiger partial charge on any atom is -0.383 e. The van der Waals surface area contributed by atoms with Gasteiger partial charge in [-0.2, -0.15) is 5.10 Å². The largest absolute Gasteiger partial charge is 0.383 e. The summed E-state index contributed by atoms with van der Waals surface area (Å²) in [6, 6.07) is 12.7. The Morgan fingerprint density at radius 1 is 1.03 bits per heavy atom. The maximum Gasteiger partial charge on any atom is 0.164 e. The molecule has 1 saturated heterocycles. The minimum absolute atomic E-state index is 0.0859. The Kier molecular flexibility index (Phi) is 5.66. The highest BCUT2D eigenvalue weighted by Gasteiger charge is 2.24. The Labute approximate surface area is 210 Å². The molecule has 6 rings (SSSR count). The van der Waals surface area contributed by atoms with Gasteiger partial charge in [0.15, 0.2) is 5.65 Å². The Morgan fingerprint density at radius 2 is 1.86 bits per heavy atom. The highest BCUT2D eigenvalue weighted by Crippen LogP contribution is 2.34. The van der Waals surface area contributed by atoms with Crippen molar-refractivity contribution in [3.8, 4) is 11.4 Å². The Morgan fingerprint density at radius 3 is 2.64 bits per heavy atom. The summed E-state index contributed by atoms with van der Waals surface area (Å²) in [6.45, 7) is 9.43. The van der Waals surface area contributed by atoms with Crippen LogP contribution in [0, 0.1) is 6.92 Å². The maximum atomic E-state index is 6.16. The molecule has 6 heterocycles. The molecule has 36 heavy (non-hydrogen) atoms. The van der Waals surface area contributed by atoms with E-state index >= 15 is 0 Å². The molecule has 0 radical (unpaired) electrons. The van der Waals surface area contributed by atoms with E-state index in [0.717, 1.165) is 71.9 Å². The van der Waals surface area contributed by atoms with Crippen LogP contribution >= 0.6 is 0 Å². The summed E-state index contributed by atoms with van der Waals surface area (Å²) < 4.78 is 4.15. The van der Waals surface area contributed by atoms with E-state index in [2.05, 4.69) is 74.7 Å². The van der Waals surface area contributed by atoms with E-state index in [-0.39, 0.29) is 6.04 Å². The van der Waals surface area contributed by atoms with Crippen molar-refractivity contribution in [3.63, 3.8) is 0 Å². The lowest BCUT2D eigenvalue weighted by Gasteiger charge is -2.32. The highest BCUT2D eigenvalue weighted by atomic mass is 15.3. The van der Waals surface area contributed by atoms with E-state index < -0.39 is 0 Å². The molecular formula is C27H31N9. The molecule has 9 nitrogen and oxygen atoms in total. The molecule has 2 N–H and O–H groups in total. The number of hydrogen-bond donors (Lipinski definition) is 1. The third-order valence-corrected chi connectivity index (χ3v) is 7.29. The monoisotopic (exact) mass is 481 g/mol. The molecule has 0 aliphatic carbocycles. The number of anilines is 1. The summed E-state index contributed by atoms with van der Waals surface area (Å²) in [5.41, 5.74) is 13.2. The lowest BCUT2D eigenvalue weighted by Crippen LogP contribution is -2.43. The van der Waals surface area contributed by atoms with Crippen LogP contribution in [0.5, 0.6) is 0 Å². The van der Waals surface area contributed by atoms with Crippen molar-refractivity contribution in [3.05, 3.63) is 71.9 Å². The van der Waals surface area contributed by atoms with Gasteiger partial charge in [-0.3, -0.25) is 9.88 Å². The van der Waals surface area contributed by atoms with Crippen LogP contribution < -0.4 is 5.73 Å². The second kappa shape index (κ2) is 9.00. The predicted molar refractivity (Wildman–Crippen MR) is 142 cm³/mol. The molecule has 1 fully saturated rings. The molecule has 1 unspecified atom stereocenters. The van der Waals surface area contributed by atoms with Crippen LogP contribution in [0.4, 0.5) is 5.82 Å². The standard InChI is InChI=1S/C27H31N9/c1-18-24-26(28)30-17-31-27(24)36(32-18)19(2)22-14-21-6-4-5-9-35(21)25(22)23-8-7-20(15-29-23)16-34-12-10-33(3)11-13-34/h4-9,14-15,17,19H,10-13,16H2,1-3H3,(H2,28,30,31). The summed E-state index contributed by atoms with van der Waals surface area (Å²) in [5.74, 6) is 0.454. The van der Waals surface area contributed by atoms with E-state index in [4.69, 9.17) is 15.8 Å². The zero-order chi connectivity index (χ0) is 24.8. The molecule has 0 saturated carbocycles. The van der Waals surface area contributed by atoms with E-state index in [9.17, 15) is 0 Å². The molecule has 0 aromatic carbocycles. The van der Waals surface area contributed by atoms with Crippen molar-refractivity contribution in [2.45, 2.75) is 26.4 Å². The van der Waals surface area contributed by atoms with Crippen LogP contribution in [0.3, 0.4) is 0 Å². The summed E-state index contributed by atoms with van der Waals surface area (Å²) >= 11 is 0. The Bertz CT molecular complexity index is 1520. The lowest BCUT2D eigenvalue weighted by atomic mass is 10.1. The molecule has 1 aliphatic rings. The average Bonchev–Trinajstić information content (AvgIpc) is 3.44. The number of nitrogens with two attached hydrogens (primary N) is 1. The van der Waals surface area contributed by atoms with Crippen LogP contribution in [0.25, 0.3) is 27.9 Å². The van der Waals surface area contributed by atoms with Gasteiger partial charge in [-0.1, -0.05) is 12.1 Å². The number of pyridine rings is 2. The number of fused-ring (bicyclic) bond motifs is 2. The fourth-order valence-electron chi connectivity index (χ4n) is 5.23. The first-order chi connectivity index (χ1) is 17.5. The van der Waals surface area contributed by atoms with Crippen molar-refractivity contribution in [1.29, 1.82) is 0 Å². The summed E-state index contributed by atoms with van der Waals surface area (Å²) in [5, 5.41) is 5.62. The van der Waals surface area contributed by atoms with Crippen LogP contribution in [0.1, 0.15) is 29.8 Å². The van der Waals surface area contributed by atoms with Gasteiger partial charge < -0.3 is 15.0 Å². The van der Waals surface area contributed by atoms with Gasteiger partial charge in [0.2, 0.25) is 0 Å². The van der Waals surface area contributed by atoms with Crippen molar-refractivity contribution in [1.82, 2.24) is 38.9 Å². The zero-order valence-corrected chi connectivity index (χ0v) is 21.0. The van der Waals surface area contributed by atoms with Crippen molar-refractivity contribution in [2.75, 3.05) is 39.0 Å². The van der Waals surface area contributed by atoms with E-state index in [1.54, 1.807) is 0 Å². The molecular weight excluding hydrogens is 450 g/mol. The van der Waals surface area contributed by atoms with Crippen LogP contribution in [0.2, 0.25) is 0 Å². The number of aromatic nitrogens is 6. The van der Waals surface area contributed by atoms with Gasteiger partial charge in [0.1, 0.15) is 12.1 Å². The molecule has 5 aromatic rings. The average molecular weight is 482 g/mol. The highest BCUT2D eigenvalue weighted by molar-refractivity contribution is 5.88. The normalized spacial score (nSPS) is 16.2. The van der Waals surface area contributed by atoms with Crippen molar-refractivity contribution in [2.24, 2.45) is 0 Å². The minimum atomic E-state index is -0.0859. The number of likely N-dealkylation sites (N-methyl/N-ethyl adjacent to an activating group) is 1. The first-order valence-electron chi connectivity index (χ1n) is 12.4. The van der Waals surface area contributed by atoms with Gasteiger partial charge in [-0.05, 0) is 50.7 Å². The molecule has 1 aliphatic heterocycles.